The lowest BCUT2D eigenvalue weighted by molar-refractivity contribution is 0.223. The lowest BCUT2D eigenvalue weighted by Crippen LogP contribution is -2.43. The molecule has 0 aromatic heterocycles. The van der Waals surface area contributed by atoms with Gasteiger partial charge in [-0.25, -0.2) is 0 Å². The summed E-state index contributed by atoms with van der Waals surface area (Å²) in [6, 6.07) is 0.684. The van der Waals surface area contributed by atoms with Crippen LogP contribution in [-0.4, -0.2) is 61.6 Å². The van der Waals surface area contributed by atoms with E-state index in [1.807, 2.05) is 7.05 Å². The predicted octanol–water partition coefficient (Wildman–Crippen LogP) is 1.94. The van der Waals surface area contributed by atoms with Gasteiger partial charge < -0.3 is 10.2 Å². The van der Waals surface area contributed by atoms with Crippen molar-refractivity contribution in [2.75, 3.05) is 39.8 Å². The fourth-order valence-electron chi connectivity index (χ4n) is 2.74. The SMILES string of the molecule is CC=CCCNC(=NC)N1CCC(N(CC)CC)C1. The van der Waals surface area contributed by atoms with E-state index in [4.69, 9.17) is 0 Å². The molecule has 0 aromatic carbocycles. The molecule has 4 nitrogen and oxygen atoms in total. The lowest BCUT2D eigenvalue weighted by Gasteiger charge is -2.27. The van der Waals surface area contributed by atoms with Crippen LogP contribution in [0, 0.1) is 0 Å². The quantitative estimate of drug-likeness (QED) is 0.345. The summed E-state index contributed by atoms with van der Waals surface area (Å²) in [5.74, 6) is 1.05. The molecule has 1 fully saturated rings. The average Bonchev–Trinajstić information content (AvgIpc) is 2.90. The van der Waals surface area contributed by atoms with Gasteiger partial charge in [-0.15, -0.1) is 0 Å². The van der Waals surface area contributed by atoms with Gasteiger partial charge in [0.2, 0.25) is 0 Å². The van der Waals surface area contributed by atoms with E-state index in [-0.39, 0.29) is 0 Å². The minimum Gasteiger partial charge on any atom is -0.356 e. The van der Waals surface area contributed by atoms with E-state index < -0.39 is 0 Å². The molecule has 0 aliphatic carbocycles. The summed E-state index contributed by atoms with van der Waals surface area (Å²) in [4.78, 5) is 9.34. The molecule has 1 saturated heterocycles. The molecular weight excluding hydrogens is 236 g/mol. The summed E-state index contributed by atoms with van der Waals surface area (Å²) in [7, 11) is 1.88. The van der Waals surface area contributed by atoms with E-state index >= 15 is 0 Å². The number of hydrogen-bond donors (Lipinski definition) is 1. The smallest absolute Gasteiger partial charge is 0.193 e. The first-order valence-corrected chi connectivity index (χ1v) is 7.57. The number of guanidine groups is 1. The van der Waals surface area contributed by atoms with E-state index in [1.54, 1.807) is 0 Å². The van der Waals surface area contributed by atoms with E-state index in [9.17, 15) is 0 Å². The molecule has 1 aliphatic rings. The zero-order valence-electron chi connectivity index (χ0n) is 13.0. The van der Waals surface area contributed by atoms with Gasteiger partial charge in [-0.05, 0) is 32.9 Å². The zero-order chi connectivity index (χ0) is 14.1. The Balaban J connectivity index is 2.42. The second-order valence-electron chi connectivity index (χ2n) is 4.94. The van der Waals surface area contributed by atoms with Gasteiger partial charge in [-0.3, -0.25) is 9.89 Å². The van der Waals surface area contributed by atoms with Gasteiger partial charge in [0.05, 0.1) is 0 Å². The van der Waals surface area contributed by atoms with Crippen molar-refractivity contribution in [1.29, 1.82) is 0 Å². The van der Waals surface area contributed by atoms with Crippen LogP contribution in [0.15, 0.2) is 17.1 Å². The Morgan fingerprint density at radius 3 is 2.74 bits per heavy atom. The van der Waals surface area contributed by atoms with Crippen LogP contribution in [0.3, 0.4) is 0 Å². The average molecular weight is 266 g/mol. The maximum Gasteiger partial charge on any atom is 0.193 e. The third-order valence-corrected chi connectivity index (χ3v) is 3.83. The van der Waals surface area contributed by atoms with Crippen LogP contribution in [0.2, 0.25) is 0 Å². The second-order valence-corrected chi connectivity index (χ2v) is 4.94. The summed E-state index contributed by atoms with van der Waals surface area (Å²) in [6.45, 7) is 12.0. The van der Waals surface area contributed by atoms with Crippen LogP contribution < -0.4 is 5.32 Å². The van der Waals surface area contributed by atoms with E-state index in [2.05, 4.69) is 53.0 Å². The first kappa shape index (κ1) is 16.0. The number of rotatable bonds is 6. The molecule has 1 atom stereocenters. The fourth-order valence-corrected chi connectivity index (χ4v) is 2.74. The molecule has 0 aromatic rings. The first-order chi connectivity index (χ1) is 9.26. The molecule has 4 heteroatoms. The van der Waals surface area contributed by atoms with Crippen molar-refractivity contribution in [3.8, 4) is 0 Å². The molecule has 0 bridgehead atoms. The summed E-state index contributed by atoms with van der Waals surface area (Å²) >= 11 is 0. The molecule has 1 heterocycles. The molecule has 1 unspecified atom stereocenters. The van der Waals surface area contributed by atoms with Crippen LogP contribution in [0.4, 0.5) is 0 Å². The Morgan fingerprint density at radius 1 is 1.42 bits per heavy atom. The highest BCUT2D eigenvalue weighted by Gasteiger charge is 2.27. The van der Waals surface area contributed by atoms with Gasteiger partial charge in [-0.1, -0.05) is 26.0 Å². The first-order valence-electron chi connectivity index (χ1n) is 7.57. The molecule has 0 spiro atoms. The second kappa shape index (κ2) is 8.97. The zero-order valence-corrected chi connectivity index (χ0v) is 13.0. The van der Waals surface area contributed by atoms with Crippen molar-refractivity contribution in [3.05, 3.63) is 12.2 Å². The Hall–Kier alpha value is -1.03. The minimum atomic E-state index is 0.684. The predicted molar refractivity (Wildman–Crippen MR) is 83.7 cm³/mol. The number of allylic oxidation sites excluding steroid dienone is 1. The maximum atomic E-state index is 4.40. The Kier molecular flexibility index (Phi) is 7.56. The van der Waals surface area contributed by atoms with Crippen molar-refractivity contribution >= 4 is 5.96 Å². The number of nitrogens with zero attached hydrogens (tertiary/aromatic N) is 3. The fraction of sp³-hybridized carbons (Fsp3) is 0.800. The van der Waals surface area contributed by atoms with E-state index in [1.165, 1.54) is 6.42 Å². The highest BCUT2D eigenvalue weighted by Crippen LogP contribution is 2.15. The third-order valence-electron chi connectivity index (χ3n) is 3.83. The van der Waals surface area contributed by atoms with Gasteiger partial charge in [-0.2, -0.15) is 0 Å². The molecule has 110 valence electrons. The van der Waals surface area contributed by atoms with Gasteiger partial charge >= 0.3 is 0 Å². The number of hydrogen-bond acceptors (Lipinski definition) is 2. The van der Waals surface area contributed by atoms with Crippen LogP contribution in [0.1, 0.15) is 33.6 Å². The Morgan fingerprint density at radius 2 is 2.16 bits per heavy atom. The van der Waals surface area contributed by atoms with Crippen molar-refractivity contribution in [2.45, 2.75) is 39.7 Å². The van der Waals surface area contributed by atoms with Gasteiger partial charge in [0, 0.05) is 32.7 Å². The summed E-state index contributed by atoms with van der Waals surface area (Å²) in [5.41, 5.74) is 0. The minimum absolute atomic E-state index is 0.684. The standard InChI is InChI=1S/C15H30N4/c1-5-8-9-11-17-15(16-4)19-12-10-14(13-19)18(6-2)7-3/h5,8,14H,6-7,9-13H2,1-4H3,(H,16,17). The molecule has 1 N–H and O–H groups in total. The molecule has 0 saturated carbocycles. The number of nitrogens with one attached hydrogen (secondary N) is 1. The van der Waals surface area contributed by atoms with Crippen molar-refractivity contribution < 1.29 is 0 Å². The molecule has 1 aliphatic heterocycles. The van der Waals surface area contributed by atoms with E-state index in [0.717, 1.165) is 45.1 Å². The molecule has 0 amide bonds. The largest absolute Gasteiger partial charge is 0.356 e. The lowest BCUT2D eigenvalue weighted by atomic mass is 10.2. The summed E-state index contributed by atoms with van der Waals surface area (Å²) in [5, 5.41) is 3.45. The molecule has 1 rings (SSSR count). The van der Waals surface area contributed by atoms with Crippen LogP contribution >= 0.6 is 0 Å². The van der Waals surface area contributed by atoms with Crippen LogP contribution in [0.25, 0.3) is 0 Å². The normalized spacial score (nSPS) is 20.8. The van der Waals surface area contributed by atoms with Gasteiger partial charge in [0.25, 0.3) is 0 Å². The molecule has 19 heavy (non-hydrogen) atoms. The summed E-state index contributed by atoms with van der Waals surface area (Å²) < 4.78 is 0. The number of likely N-dealkylation sites (tertiary alicyclic amines) is 1. The molecule has 0 radical (unpaired) electrons. The van der Waals surface area contributed by atoms with Crippen molar-refractivity contribution in [2.24, 2.45) is 4.99 Å². The van der Waals surface area contributed by atoms with Crippen molar-refractivity contribution in [1.82, 2.24) is 15.1 Å². The van der Waals surface area contributed by atoms with Crippen molar-refractivity contribution in [3.63, 3.8) is 0 Å². The highest BCUT2D eigenvalue weighted by atomic mass is 15.3. The molecular formula is C15H30N4. The number of likely N-dealkylation sites (N-methyl/N-ethyl adjacent to an activating group) is 1. The van der Waals surface area contributed by atoms with E-state index in [0.29, 0.717) is 6.04 Å². The highest BCUT2D eigenvalue weighted by molar-refractivity contribution is 5.80. The Labute approximate surface area is 118 Å². The maximum absolute atomic E-state index is 4.40. The van der Waals surface area contributed by atoms with Gasteiger partial charge in [0.15, 0.2) is 5.96 Å². The van der Waals surface area contributed by atoms with Crippen LogP contribution in [0.5, 0.6) is 0 Å². The third kappa shape index (κ3) is 4.86. The summed E-state index contributed by atoms with van der Waals surface area (Å²) in [6.07, 6.45) is 6.58. The van der Waals surface area contributed by atoms with Crippen LogP contribution in [-0.2, 0) is 0 Å². The topological polar surface area (TPSA) is 30.9 Å². The monoisotopic (exact) mass is 266 g/mol. The Bertz CT molecular complexity index is 295. The van der Waals surface area contributed by atoms with Gasteiger partial charge in [0.1, 0.15) is 0 Å². The number of aliphatic imine (C=N–C) groups is 1.